The minimum absolute atomic E-state index is 0.131. The van der Waals surface area contributed by atoms with Gasteiger partial charge in [-0.3, -0.25) is 0 Å². The molecule has 1 nitrogen and oxygen atoms in total. The van der Waals surface area contributed by atoms with Crippen LogP contribution in [0.3, 0.4) is 0 Å². The molecule has 33 heavy (non-hydrogen) atoms. The van der Waals surface area contributed by atoms with E-state index in [1.807, 2.05) is 0 Å². The van der Waals surface area contributed by atoms with E-state index in [0.29, 0.717) is 0 Å². The first kappa shape index (κ1) is 23.1. The largest absolute Gasteiger partial charge is 0.311 e. The first-order chi connectivity index (χ1) is 15.8. The molecule has 4 rings (SSSR count). The van der Waals surface area contributed by atoms with Crippen molar-refractivity contribution < 1.29 is 0 Å². The van der Waals surface area contributed by atoms with Gasteiger partial charge in [0.05, 0.1) is 0 Å². The van der Waals surface area contributed by atoms with Crippen molar-refractivity contribution in [2.75, 3.05) is 4.90 Å². The molecule has 0 radical (unpaired) electrons. The number of nitrogens with zero attached hydrogens (tertiary/aromatic N) is 1. The van der Waals surface area contributed by atoms with Gasteiger partial charge in [0, 0.05) is 21.5 Å². The highest BCUT2D eigenvalue weighted by atomic mass is 79.9. The number of halogens is 1. The zero-order valence-electron chi connectivity index (χ0n) is 19.7. The van der Waals surface area contributed by atoms with Crippen LogP contribution in [0.1, 0.15) is 43.0 Å². The van der Waals surface area contributed by atoms with Crippen molar-refractivity contribution in [2.24, 2.45) is 0 Å². The Bertz CT molecular complexity index is 1210. The number of aryl methyl sites for hydroxylation is 1. The van der Waals surface area contributed by atoms with Crippen LogP contribution in [0.4, 0.5) is 17.1 Å². The van der Waals surface area contributed by atoms with E-state index in [1.54, 1.807) is 0 Å². The fraction of sp³-hybridized carbons (Fsp3) is 0.161. The first-order valence-corrected chi connectivity index (χ1v) is 12.1. The third-order valence-electron chi connectivity index (χ3n) is 5.77. The molecule has 0 N–H and O–H groups in total. The molecule has 0 spiro atoms. The Kier molecular flexibility index (Phi) is 6.85. The summed E-state index contributed by atoms with van der Waals surface area (Å²) in [6.45, 7) is 8.85. The van der Waals surface area contributed by atoms with Gasteiger partial charge in [-0.05, 0) is 77.6 Å². The van der Waals surface area contributed by atoms with E-state index in [4.69, 9.17) is 0 Å². The number of benzene rings is 4. The smallest absolute Gasteiger partial charge is 0.0462 e. The van der Waals surface area contributed by atoms with Crippen LogP contribution in [0.15, 0.2) is 102 Å². The molecule has 0 aliphatic carbocycles. The fourth-order valence-corrected chi connectivity index (χ4v) is 4.02. The number of hydrogen-bond acceptors (Lipinski definition) is 1. The Balaban J connectivity index is 1.65. The van der Waals surface area contributed by atoms with Crippen LogP contribution in [0.5, 0.6) is 0 Å². The standard InChI is InChI=1S/C31H30BrN/c1-23-5-7-24(8-6-23)9-10-25-11-17-28(18-12-25)33(30-21-15-27(32)16-22-30)29-19-13-26(14-20-29)31(2,3)4/h5-22H,1-4H3/b10-9+. The Morgan fingerprint density at radius 2 is 0.970 bits per heavy atom. The van der Waals surface area contributed by atoms with Gasteiger partial charge in [-0.15, -0.1) is 0 Å². The van der Waals surface area contributed by atoms with Gasteiger partial charge in [-0.2, -0.15) is 0 Å². The average molecular weight is 496 g/mol. The minimum atomic E-state index is 0.131. The van der Waals surface area contributed by atoms with Gasteiger partial charge in [-0.1, -0.05) is 103 Å². The van der Waals surface area contributed by atoms with Gasteiger partial charge >= 0.3 is 0 Å². The summed E-state index contributed by atoms with van der Waals surface area (Å²) in [5, 5.41) is 0. The zero-order valence-corrected chi connectivity index (χ0v) is 21.3. The van der Waals surface area contributed by atoms with Crippen molar-refractivity contribution in [3.63, 3.8) is 0 Å². The summed E-state index contributed by atoms with van der Waals surface area (Å²) in [5.41, 5.74) is 8.54. The summed E-state index contributed by atoms with van der Waals surface area (Å²) < 4.78 is 1.07. The second kappa shape index (κ2) is 9.80. The molecule has 4 aromatic rings. The first-order valence-electron chi connectivity index (χ1n) is 11.3. The van der Waals surface area contributed by atoms with E-state index in [1.165, 1.54) is 22.3 Å². The average Bonchev–Trinajstić information content (AvgIpc) is 2.81. The molecule has 0 fully saturated rings. The molecule has 0 saturated carbocycles. The summed E-state index contributed by atoms with van der Waals surface area (Å²) in [4.78, 5) is 2.30. The predicted octanol–water partition coefficient (Wildman–Crippen LogP) is 9.70. The van der Waals surface area contributed by atoms with E-state index < -0.39 is 0 Å². The van der Waals surface area contributed by atoms with Crippen LogP contribution in [-0.4, -0.2) is 0 Å². The molecule has 0 bridgehead atoms. The third kappa shape index (κ3) is 5.83. The van der Waals surface area contributed by atoms with Gasteiger partial charge in [0.25, 0.3) is 0 Å². The molecular weight excluding hydrogens is 466 g/mol. The van der Waals surface area contributed by atoms with E-state index in [2.05, 4.69) is 158 Å². The van der Waals surface area contributed by atoms with Crippen molar-refractivity contribution in [1.82, 2.24) is 0 Å². The lowest BCUT2D eigenvalue weighted by molar-refractivity contribution is 0.590. The molecule has 0 aromatic heterocycles. The molecule has 166 valence electrons. The molecule has 0 saturated heterocycles. The molecule has 0 aliphatic heterocycles. The molecule has 0 aliphatic rings. The molecule has 4 aromatic carbocycles. The zero-order chi connectivity index (χ0) is 23.4. The van der Waals surface area contributed by atoms with Gasteiger partial charge < -0.3 is 4.90 Å². The van der Waals surface area contributed by atoms with Gasteiger partial charge in [0.2, 0.25) is 0 Å². The van der Waals surface area contributed by atoms with Gasteiger partial charge in [-0.25, -0.2) is 0 Å². The molecule has 2 heteroatoms. The van der Waals surface area contributed by atoms with Crippen molar-refractivity contribution in [1.29, 1.82) is 0 Å². The number of anilines is 3. The summed E-state index contributed by atoms with van der Waals surface area (Å²) in [6.07, 6.45) is 4.32. The lowest BCUT2D eigenvalue weighted by atomic mass is 9.87. The monoisotopic (exact) mass is 495 g/mol. The van der Waals surface area contributed by atoms with E-state index >= 15 is 0 Å². The molecule has 0 unspecified atom stereocenters. The van der Waals surface area contributed by atoms with E-state index in [9.17, 15) is 0 Å². The quantitative estimate of drug-likeness (QED) is 0.249. The fourth-order valence-electron chi connectivity index (χ4n) is 3.75. The summed E-state index contributed by atoms with van der Waals surface area (Å²) in [7, 11) is 0. The Morgan fingerprint density at radius 1 is 0.576 bits per heavy atom. The Labute approximate surface area is 206 Å². The lowest BCUT2D eigenvalue weighted by Crippen LogP contribution is -2.13. The van der Waals surface area contributed by atoms with Crippen molar-refractivity contribution in [2.45, 2.75) is 33.1 Å². The Morgan fingerprint density at radius 3 is 1.42 bits per heavy atom. The highest BCUT2D eigenvalue weighted by Gasteiger charge is 2.16. The van der Waals surface area contributed by atoms with Gasteiger partial charge in [0.1, 0.15) is 0 Å². The van der Waals surface area contributed by atoms with Crippen molar-refractivity contribution in [3.8, 4) is 0 Å². The number of hydrogen-bond donors (Lipinski definition) is 0. The maximum Gasteiger partial charge on any atom is 0.0462 e. The van der Waals surface area contributed by atoms with Gasteiger partial charge in [0.15, 0.2) is 0 Å². The molecular formula is C31H30BrN. The van der Waals surface area contributed by atoms with Crippen molar-refractivity contribution in [3.05, 3.63) is 124 Å². The van der Waals surface area contributed by atoms with Crippen LogP contribution in [-0.2, 0) is 5.41 Å². The summed E-state index contributed by atoms with van der Waals surface area (Å²) in [5.74, 6) is 0. The van der Waals surface area contributed by atoms with Crippen molar-refractivity contribution >= 4 is 45.1 Å². The van der Waals surface area contributed by atoms with Crippen LogP contribution < -0.4 is 4.90 Å². The SMILES string of the molecule is Cc1ccc(/C=C/c2ccc(N(c3ccc(Br)cc3)c3ccc(C(C)(C)C)cc3)cc2)cc1. The second-order valence-electron chi connectivity index (χ2n) is 9.44. The van der Waals surface area contributed by atoms with Crippen LogP contribution in [0.2, 0.25) is 0 Å². The number of rotatable bonds is 5. The Hall–Kier alpha value is -3.10. The van der Waals surface area contributed by atoms with Crippen LogP contribution in [0.25, 0.3) is 12.2 Å². The van der Waals surface area contributed by atoms with Crippen LogP contribution >= 0.6 is 15.9 Å². The molecule has 0 amide bonds. The summed E-state index contributed by atoms with van der Waals surface area (Å²) in [6, 6.07) is 34.7. The predicted molar refractivity (Wildman–Crippen MR) is 148 cm³/mol. The highest BCUT2D eigenvalue weighted by molar-refractivity contribution is 9.10. The van der Waals surface area contributed by atoms with E-state index in [-0.39, 0.29) is 5.41 Å². The molecule has 0 atom stereocenters. The maximum atomic E-state index is 3.56. The van der Waals surface area contributed by atoms with E-state index in [0.717, 1.165) is 21.5 Å². The third-order valence-corrected chi connectivity index (χ3v) is 6.30. The minimum Gasteiger partial charge on any atom is -0.311 e. The topological polar surface area (TPSA) is 3.24 Å². The highest BCUT2D eigenvalue weighted by Crippen LogP contribution is 2.36. The summed E-state index contributed by atoms with van der Waals surface area (Å²) >= 11 is 3.56. The molecule has 0 heterocycles. The van der Waals surface area contributed by atoms with Crippen LogP contribution in [0, 0.1) is 6.92 Å². The second-order valence-corrected chi connectivity index (χ2v) is 10.4. The normalized spacial score (nSPS) is 11.7. The maximum absolute atomic E-state index is 3.56. The lowest BCUT2D eigenvalue weighted by Gasteiger charge is -2.27.